The van der Waals surface area contributed by atoms with Gasteiger partial charge >= 0.3 is 0 Å². The first-order chi connectivity index (χ1) is 7.02. The summed E-state index contributed by atoms with van der Waals surface area (Å²) in [4.78, 5) is 2.05. The molecule has 0 saturated carbocycles. The van der Waals surface area contributed by atoms with E-state index >= 15 is 0 Å². The largest absolute Gasteiger partial charge is 0.315 e. The maximum absolute atomic E-state index is 11.7. The molecule has 5 nitrogen and oxygen atoms in total. The van der Waals surface area contributed by atoms with E-state index in [-0.39, 0.29) is 5.25 Å². The zero-order chi connectivity index (χ0) is 11.3. The van der Waals surface area contributed by atoms with Gasteiger partial charge in [0.05, 0.1) is 5.25 Å². The first-order valence-electron chi connectivity index (χ1n) is 5.36. The molecule has 0 radical (unpaired) electrons. The van der Waals surface area contributed by atoms with E-state index in [1.54, 1.807) is 0 Å². The highest BCUT2D eigenvalue weighted by Crippen LogP contribution is 2.07. The Morgan fingerprint density at radius 1 is 1.47 bits per heavy atom. The highest BCUT2D eigenvalue weighted by Gasteiger charge is 2.27. The van der Waals surface area contributed by atoms with Crippen LogP contribution < -0.4 is 10.0 Å². The Morgan fingerprint density at radius 3 is 2.73 bits per heavy atom. The van der Waals surface area contributed by atoms with Gasteiger partial charge in [0.1, 0.15) is 0 Å². The minimum atomic E-state index is -3.09. The van der Waals surface area contributed by atoms with E-state index in [9.17, 15) is 8.42 Å². The summed E-state index contributed by atoms with van der Waals surface area (Å²) in [5, 5.41) is 2.82. The maximum atomic E-state index is 11.7. The molecule has 6 heteroatoms. The second kappa shape index (κ2) is 5.79. The Kier molecular flexibility index (Phi) is 4.98. The molecule has 1 unspecified atom stereocenters. The molecule has 1 heterocycles. The maximum Gasteiger partial charge on any atom is 0.215 e. The van der Waals surface area contributed by atoms with Crippen LogP contribution in [0.3, 0.4) is 0 Å². The van der Waals surface area contributed by atoms with Gasteiger partial charge in [0, 0.05) is 13.1 Å². The third kappa shape index (κ3) is 4.46. The van der Waals surface area contributed by atoms with Crippen LogP contribution in [0.5, 0.6) is 0 Å². The lowest BCUT2D eigenvalue weighted by molar-refractivity contribution is 0.399. The summed E-state index contributed by atoms with van der Waals surface area (Å²) < 4.78 is 26.1. The van der Waals surface area contributed by atoms with Crippen LogP contribution in [0, 0.1) is 0 Å². The molecule has 1 atom stereocenters. The zero-order valence-corrected chi connectivity index (χ0v) is 10.3. The van der Waals surface area contributed by atoms with E-state index < -0.39 is 10.0 Å². The van der Waals surface area contributed by atoms with Gasteiger partial charge in [-0.2, -0.15) is 0 Å². The fraction of sp³-hybridized carbons (Fsp3) is 1.00. The van der Waals surface area contributed by atoms with Gasteiger partial charge in [-0.1, -0.05) is 0 Å². The summed E-state index contributed by atoms with van der Waals surface area (Å²) in [6.45, 7) is 2.84. The zero-order valence-electron chi connectivity index (χ0n) is 9.49. The first-order valence-corrected chi connectivity index (χ1v) is 6.91. The van der Waals surface area contributed by atoms with E-state index in [2.05, 4.69) is 10.0 Å². The Hall–Kier alpha value is -0.170. The van der Waals surface area contributed by atoms with Crippen LogP contribution in [0.2, 0.25) is 0 Å². The smallest absolute Gasteiger partial charge is 0.215 e. The first kappa shape index (κ1) is 12.9. The molecular weight excluding hydrogens is 214 g/mol. The normalized spacial score (nSPS) is 22.5. The highest BCUT2D eigenvalue weighted by molar-refractivity contribution is 7.90. The van der Waals surface area contributed by atoms with Gasteiger partial charge in [-0.05, 0) is 40.0 Å². The lowest BCUT2D eigenvalue weighted by atomic mass is 10.4. The average molecular weight is 235 g/mol. The van der Waals surface area contributed by atoms with Crippen LogP contribution in [0.1, 0.15) is 12.8 Å². The summed E-state index contributed by atoms with van der Waals surface area (Å²) in [6.07, 6.45) is 1.58. The molecule has 1 aliphatic rings. The van der Waals surface area contributed by atoms with Crippen LogP contribution in [0.25, 0.3) is 0 Å². The lowest BCUT2D eigenvalue weighted by Gasteiger charge is -2.13. The lowest BCUT2D eigenvalue weighted by Crippen LogP contribution is -2.36. The SMILES string of the molecule is CN(C)CCCNS(=O)(=O)C1CCNC1. The van der Waals surface area contributed by atoms with Gasteiger partial charge in [-0.15, -0.1) is 0 Å². The molecule has 0 amide bonds. The second-order valence-corrected chi connectivity index (χ2v) is 6.26. The fourth-order valence-corrected chi connectivity index (χ4v) is 3.05. The molecule has 0 bridgehead atoms. The van der Waals surface area contributed by atoms with Gasteiger partial charge in [0.2, 0.25) is 10.0 Å². The number of nitrogens with zero attached hydrogens (tertiary/aromatic N) is 1. The predicted octanol–water partition coefficient (Wildman–Crippen LogP) is -0.781. The molecule has 0 aromatic carbocycles. The van der Waals surface area contributed by atoms with Crippen LogP contribution in [0.4, 0.5) is 0 Å². The minimum absolute atomic E-state index is 0.239. The standard InChI is InChI=1S/C9H21N3O2S/c1-12(2)7-3-5-11-15(13,14)9-4-6-10-8-9/h9-11H,3-8H2,1-2H3. The van der Waals surface area contributed by atoms with E-state index in [1.165, 1.54) is 0 Å². The van der Waals surface area contributed by atoms with Crippen molar-refractivity contribution in [2.24, 2.45) is 0 Å². The van der Waals surface area contributed by atoms with Crippen molar-refractivity contribution in [1.29, 1.82) is 0 Å². The van der Waals surface area contributed by atoms with Crippen LogP contribution in [-0.4, -0.2) is 58.8 Å². The van der Waals surface area contributed by atoms with Crippen LogP contribution in [0.15, 0.2) is 0 Å². The van der Waals surface area contributed by atoms with Gasteiger partial charge in [-0.3, -0.25) is 0 Å². The Balaban J connectivity index is 2.24. The predicted molar refractivity (Wildman–Crippen MR) is 61.4 cm³/mol. The van der Waals surface area contributed by atoms with Crippen molar-refractivity contribution in [2.45, 2.75) is 18.1 Å². The Labute approximate surface area is 92.3 Å². The van der Waals surface area contributed by atoms with Crippen molar-refractivity contribution < 1.29 is 8.42 Å². The van der Waals surface area contributed by atoms with Crippen LogP contribution in [-0.2, 0) is 10.0 Å². The molecular formula is C9H21N3O2S. The third-order valence-electron chi connectivity index (χ3n) is 2.54. The Bertz CT molecular complexity index is 271. The van der Waals surface area contributed by atoms with Gasteiger partial charge in [0.15, 0.2) is 0 Å². The molecule has 15 heavy (non-hydrogen) atoms. The highest BCUT2D eigenvalue weighted by atomic mass is 32.2. The molecule has 0 aromatic heterocycles. The van der Waals surface area contributed by atoms with E-state index in [0.29, 0.717) is 13.1 Å². The number of sulfonamides is 1. The molecule has 1 rings (SSSR count). The van der Waals surface area contributed by atoms with Crippen LogP contribution >= 0.6 is 0 Å². The number of nitrogens with one attached hydrogen (secondary N) is 2. The average Bonchev–Trinajstić information content (AvgIpc) is 2.65. The summed E-state index contributed by atoms with van der Waals surface area (Å²) >= 11 is 0. The molecule has 2 N–H and O–H groups in total. The van der Waals surface area contributed by atoms with E-state index in [0.717, 1.165) is 25.9 Å². The molecule has 1 aliphatic heterocycles. The summed E-state index contributed by atoms with van der Waals surface area (Å²) in [5.41, 5.74) is 0. The van der Waals surface area contributed by atoms with Gasteiger partial charge < -0.3 is 10.2 Å². The van der Waals surface area contributed by atoms with E-state index in [4.69, 9.17) is 0 Å². The second-order valence-electron chi connectivity index (χ2n) is 4.21. The third-order valence-corrected chi connectivity index (χ3v) is 4.43. The van der Waals surface area contributed by atoms with Crippen molar-refractivity contribution in [3.63, 3.8) is 0 Å². The molecule has 90 valence electrons. The molecule has 1 saturated heterocycles. The number of rotatable bonds is 6. The Morgan fingerprint density at radius 2 is 2.20 bits per heavy atom. The summed E-state index contributed by atoms with van der Waals surface area (Å²) in [7, 11) is 0.874. The van der Waals surface area contributed by atoms with Crippen molar-refractivity contribution in [3.05, 3.63) is 0 Å². The van der Waals surface area contributed by atoms with E-state index in [1.807, 2.05) is 19.0 Å². The topological polar surface area (TPSA) is 61.4 Å². The molecule has 1 fully saturated rings. The molecule has 0 aromatic rings. The van der Waals surface area contributed by atoms with Gasteiger partial charge in [-0.25, -0.2) is 13.1 Å². The number of hydrogen-bond acceptors (Lipinski definition) is 4. The number of hydrogen-bond donors (Lipinski definition) is 2. The van der Waals surface area contributed by atoms with Crippen molar-refractivity contribution >= 4 is 10.0 Å². The monoisotopic (exact) mass is 235 g/mol. The van der Waals surface area contributed by atoms with Crippen molar-refractivity contribution in [3.8, 4) is 0 Å². The molecule has 0 aliphatic carbocycles. The van der Waals surface area contributed by atoms with Gasteiger partial charge in [0.25, 0.3) is 0 Å². The quantitative estimate of drug-likeness (QED) is 0.593. The van der Waals surface area contributed by atoms with Crippen molar-refractivity contribution in [2.75, 3.05) is 40.3 Å². The molecule has 0 spiro atoms. The fourth-order valence-electron chi connectivity index (χ4n) is 1.62. The summed E-state index contributed by atoms with van der Waals surface area (Å²) in [5.74, 6) is 0. The van der Waals surface area contributed by atoms with Crippen molar-refractivity contribution in [1.82, 2.24) is 14.9 Å². The summed E-state index contributed by atoms with van der Waals surface area (Å²) in [6, 6.07) is 0. The minimum Gasteiger partial charge on any atom is -0.315 e.